The summed E-state index contributed by atoms with van der Waals surface area (Å²) in [5, 5.41) is 17.8. The normalized spacial score (nSPS) is 14.5. The second-order valence-corrected chi connectivity index (χ2v) is 8.11. The Balaban J connectivity index is 1.45. The first-order valence-corrected chi connectivity index (χ1v) is 9.90. The van der Waals surface area contributed by atoms with Crippen molar-refractivity contribution in [2.75, 3.05) is 0 Å². The topological polar surface area (TPSA) is 69.6 Å². The average Bonchev–Trinajstić information content (AvgIpc) is 3.02. The van der Waals surface area contributed by atoms with Crippen LogP contribution in [0, 0.1) is 6.92 Å². The van der Waals surface area contributed by atoms with Crippen molar-refractivity contribution in [3.05, 3.63) is 28.2 Å². The minimum atomic E-state index is 0.599. The molecule has 126 valence electrons. The van der Waals surface area contributed by atoms with E-state index in [-0.39, 0.29) is 0 Å². The highest BCUT2D eigenvalue weighted by molar-refractivity contribution is 7.98. The fraction of sp³-hybridized carbons (Fsp3) is 0.500. The number of rotatable bonds is 6. The third kappa shape index (κ3) is 3.00. The van der Waals surface area contributed by atoms with Crippen LogP contribution < -0.4 is 0 Å². The molecule has 0 N–H and O–H groups in total. The minimum absolute atomic E-state index is 0.599. The molecular weight excluding hydrogens is 342 g/mol. The summed E-state index contributed by atoms with van der Waals surface area (Å²) in [4.78, 5) is 2.41. The van der Waals surface area contributed by atoms with Gasteiger partial charge in [0.2, 0.25) is 5.89 Å². The van der Waals surface area contributed by atoms with Crippen molar-refractivity contribution in [2.24, 2.45) is 7.05 Å². The van der Waals surface area contributed by atoms with Crippen LogP contribution in [-0.4, -0.2) is 25.0 Å². The Morgan fingerprint density at radius 2 is 2.12 bits per heavy atom. The SMILES string of the molecule is CCc1sc(-c2nnc(CSc3nnc(C4CC4)n3C)o2)cc1C. The van der Waals surface area contributed by atoms with E-state index < -0.39 is 0 Å². The number of aryl methyl sites for hydroxylation is 2. The van der Waals surface area contributed by atoms with Crippen molar-refractivity contribution in [2.45, 2.75) is 49.9 Å². The fourth-order valence-corrected chi connectivity index (χ4v) is 4.45. The molecule has 0 atom stereocenters. The molecule has 3 heterocycles. The molecule has 4 rings (SSSR count). The van der Waals surface area contributed by atoms with E-state index in [1.54, 1.807) is 23.1 Å². The van der Waals surface area contributed by atoms with Gasteiger partial charge >= 0.3 is 0 Å². The number of thioether (sulfide) groups is 1. The Kier molecular flexibility index (Phi) is 4.17. The first-order chi connectivity index (χ1) is 11.7. The van der Waals surface area contributed by atoms with Gasteiger partial charge in [-0.25, -0.2) is 0 Å². The number of hydrogen-bond donors (Lipinski definition) is 0. The zero-order valence-electron chi connectivity index (χ0n) is 13.9. The molecule has 1 fully saturated rings. The van der Waals surface area contributed by atoms with Gasteiger partial charge in [0.05, 0.1) is 10.6 Å². The quantitative estimate of drug-likeness (QED) is 0.619. The monoisotopic (exact) mass is 361 g/mol. The maximum Gasteiger partial charge on any atom is 0.257 e. The molecule has 1 saturated carbocycles. The zero-order chi connectivity index (χ0) is 16.7. The maximum atomic E-state index is 5.82. The summed E-state index contributed by atoms with van der Waals surface area (Å²) in [6, 6.07) is 2.12. The van der Waals surface area contributed by atoms with Crippen molar-refractivity contribution in [1.82, 2.24) is 25.0 Å². The predicted octanol–water partition coefficient (Wildman–Crippen LogP) is 3.97. The highest BCUT2D eigenvalue weighted by Gasteiger charge is 2.29. The first-order valence-electron chi connectivity index (χ1n) is 8.09. The molecule has 0 aliphatic heterocycles. The fourth-order valence-electron chi connectivity index (χ4n) is 2.66. The van der Waals surface area contributed by atoms with E-state index in [0.29, 0.717) is 23.5 Å². The standard InChI is InChI=1S/C16H19N5OS2/c1-4-11-9(2)7-12(24-11)15-19-17-13(22-15)8-23-16-20-18-14(21(16)3)10-5-6-10/h7,10H,4-6,8H2,1-3H3. The molecule has 3 aromatic heterocycles. The van der Waals surface area contributed by atoms with Gasteiger partial charge in [-0.15, -0.1) is 31.7 Å². The molecule has 0 bridgehead atoms. The van der Waals surface area contributed by atoms with Crippen LogP contribution in [0.4, 0.5) is 0 Å². The lowest BCUT2D eigenvalue weighted by molar-refractivity contribution is 0.529. The van der Waals surface area contributed by atoms with Gasteiger partial charge in [0.15, 0.2) is 5.16 Å². The van der Waals surface area contributed by atoms with Crippen LogP contribution in [0.25, 0.3) is 10.8 Å². The Hall–Kier alpha value is -1.67. The van der Waals surface area contributed by atoms with Crippen LogP contribution >= 0.6 is 23.1 Å². The van der Waals surface area contributed by atoms with E-state index in [0.717, 1.165) is 22.3 Å². The number of nitrogens with zero attached hydrogens (tertiary/aromatic N) is 5. The van der Waals surface area contributed by atoms with Gasteiger partial charge in [-0.2, -0.15) is 0 Å². The van der Waals surface area contributed by atoms with Gasteiger partial charge in [0, 0.05) is 17.8 Å². The maximum absolute atomic E-state index is 5.82. The summed E-state index contributed by atoms with van der Waals surface area (Å²) in [5.41, 5.74) is 1.29. The molecule has 0 aromatic carbocycles. The lowest BCUT2D eigenvalue weighted by Gasteiger charge is -2.00. The summed E-state index contributed by atoms with van der Waals surface area (Å²) < 4.78 is 7.90. The lowest BCUT2D eigenvalue weighted by atomic mass is 10.2. The van der Waals surface area contributed by atoms with Crippen molar-refractivity contribution < 1.29 is 4.42 Å². The first kappa shape index (κ1) is 15.8. The summed E-state index contributed by atoms with van der Waals surface area (Å²) >= 11 is 3.31. The van der Waals surface area contributed by atoms with Gasteiger partial charge < -0.3 is 8.98 Å². The third-order valence-corrected chi connectivity index (χ3v) is 6.53. The smallest absolute Gasteiger partial charge is 0.257 e. The average molecular weight is 361 g/mol. The van der Waals surface area contributed by atoms with Gasteiger partial charge in [-0.05, 0) is 37.8 Å². The second-order valence-electron chi connectivity index (χ2n) is 6.03. The van der Waals surface area contributed by atoms with Crippen LogP contribution in [0.15, 0.2) is 15.6 Å². The number of hydrogen-bond acceptors (Lipinski definition) is 7. The molecule has 0 amide bonds. The van der Waals surface area contributed by atoms with Gasteiger partial charge in [0.25, 0.3) is 5.89 Å². The lowest BCUT2D eigenvalue weighted by Crippen LogP contribution is -1.97. The molecule has 0 spiro atoms. The molecule has 8 heteroatoms. The minimum Gasteiger partial charge on any atom is -0.419 e. The van der Waals surface area contributed by atoms with Crippen molar-refractivity contribution >= 4 is 23.1 Å². The van der Waals surface area contributed by atoms with Gasteiger partial charge in [-0.3, -0.25) is 0 Å². The Bertz CT molecular complexity index is 862. The summed E-state index contributed by atoms with van der Waals surface area (Å²) in [7, 11) is 2.02. The van der Waals surface area contributed by atoms with Crippen LogP contribution in [-0.2, 0) is 19.2 Å². The molecule has 3 aromatic rings. The Morgan fingerprint density at radius 1 is 1.29 bits per heavy atom. The van der Waals surface area contributed by atoms with Crippen molar-refractivity contribution in [3.63, 3.8) is 0 Å². The zero-order valence-corrected chi connectivity index (χ0v) is 15.6. The highest BCUT2D eigenvalue weighted by Crippen LogP contribution is 2.39. The van der Waals surface area contributed by atoms with Gasteiger partial charge in [0.1, 0.15) is 5.82 Å². The van der Waals surface area contributed by atoms with Crippen LogP contribution in [0.5, 0.6) is 0 Å². The molecular formula is C16H19N5OS2. The van der Waals surface area contributed by atoms with E-state index in [4.69, 9.17) is 4.42 Å². The summed E-state index contributed by atoms with van der Waals surface area (Å²) in [5.74, 6) is 3.52. The van der Waals surface area contributed by atoms with E-state index in [1.807, 2.05) is 7.05 Å². The Morgan fingerprint density at radius 3 is 2.83 bits per heavy atom. The van der Waals surface area contributed by atoms with Gasteiger partial charge in [-0.1, -0.05) is 18.7 Å². The largest absolute Gasteiger partial charge is 0.419 e. The molecule has 0 unspecified atom stereocenters. The van der Waals surface area contributed by atoms with E-state index in [2.05, 4.69) is 44.9 Å². The summed E-state index contributed by atoms with van der Waals surface area (Å²) in [6.45, 7) is 4.28. The molecule has 6 nitrogen and oxygen atoms in total. The second kappa shape index (κ2) is 6.33. The molecule has 0 saturated heterocycles. The molecule has 1 aliphatic carbocycles. The van der Waals surface area contributed by atoms with Crippen molar-refractivity contribution in [3.8, 4) is 10.8 Å². The third-order valence-electron chi connectivity index (χ3n) is 4.16. The van der Waals surface area contributed by atoms with E-state index >= 15 is 0 Å². The van der Waals surface area contributed by atoms with Crippen LogP contribution in [0.1, 0.15) is 47.8 Å². The van der Waals surface area contributed by atoms with Crippen molar-refractivity contribution in [1.29, 1.82) is 0 Å². The highest BCUT2D eigenvalue weighted by atomic mass is 32.2. The van der Waals surface area contributed by atoms with Crippen LogP contribution in [0.3, 0.4) is 0 Å². The summed E-state index contributed by atoms with van der Waals surface area (Å²) in [6.07, 6.45) is 3.48. The van der Waals surface area contributed by atoms with E-state index in [9.17, 15) is 0 Å². The molecule has 24 heavy (non-hydrogen) atoms. The number of thiophene rings is 1. The molecule has 1 aliphatic rings. The van der Waals surface area contributed by atoms with Crippen LogP contribution in [0.2, 0.25) is 0 Å². The molecule has 0 radical (unpaired) electrons. The number of aromatic nitrogens is 5. The van der Waals surface area contributed by atoms with E-state index in [1.165, 1.54) is 23.3 Å². The Labute approximate surface area is 148 Å². The predicted molar refractivity (Wildman–Crippen MR) is 94.3 cm³/mol.